The van der Waals surface area contributed by atoms with Gasteiger partial charge in [-0.25, -0.2) is 0 Å². The van der Waals surface area contributed by atoms with Crippen molar-refractivity contribution < 1.29 is 17.7 Å². The summed E-state index contributed by atoms with van der Waals surface area (Å²) < 4.78 is 36.1. The van der Waals surface area contributed by atoms with E-state index in [2.05, 4.69) is 24.3 Å². The van der Waals surface area contributed by atoms with Crippen LogP contribution in [0.5, 0.6) is 5.75 Å². The molecule has 0 bridgehead atoms. The van der Waals surface area contributed by atoms with E-state index in [4.69, 9.17) is 4.74 Å². The van der Waals surface area contributed by atoms with Crippen molar-refractivity contribution >= 4 is 56.2 Å². The van der Waals surface area contributed by atoms with Crippen LogP contribution in [0.4, 0.5) is 12.9 Å². The molecule has 1 nitrogen and oxygen atoms in total. The fourth-order valence-corrected chi connectivity index (χ4v) is 1.90. The predicted molar refractivity (Wildman–Crippen MR) is 71.7 cm³/mol. The summed E-state index contributed by atoms with van der Waals surface area (Å²) in [5.74, 6) is 0.951. The normalized spacial score (nSPS) is 9.32. The van der Waals surface area contributed by atoms with Gasteiger partial charge in [0.05, 0.1) is 0 Å². The minimum absolute atomic E-state index is 0.644. The molecule has 6 heteroatoms. The molecule has 0 heterocycles. The van der Waals surface area contributed by atoms with E-state index in [1.807, 2.05) is 30.3 Å². The van der Waals surface area contributed by atoms with Crippen molar-refractivity contribution in [3.63, 3.8) is 0 Å². The molecule has 0 aliphatic heterocycles. The Bertz CT molecular complexity index is 462. The van der Waals surface area contributed by atoms with E-state index in [1.54, 1.807) is 0 Å². The summed E-state index contributed by atoms with van der Waals surface area (Å²) in [4.78, 5) is 0. The van der Waals surface area contributed by atoms with Gasteiger partial charge in [-0.3, -0.25) is 12.9 Å². The molecule has 2 aromatic rings. The number of benzene rings is 2. The Balaban J connectivity index is 0.000000399. The Morgan fingerprint density at radius 3 is 1.95 bits per heavy atom. The predicted octanol–water partition coefficient (Wildman–Crippen LogP) is 2.94. The number of ether oxygens (including phenoxy) is 1. The van der Waals surface area contributed by atoms with Gasteiger partial charge in [-0.1, -0.05) is 0 Å². The first-order chi connectivity index (χ1) is 9.08. The number of hydrogen-bond acceptors (Lipinski definition) is 1. The fourth-order valence-electron chi connectivity index (χ4n) is 1.38. The molecular formula is C13H11BF3KO. The Morgan fingerprint density at radius 2 is 1.42 bits per heavy atom. The zero-order valence-electron chi connectivity index (χ0n) is 10.5. The van der Waals surface area contributed by atoms with E-state index in [0.29, 0.717) is 6.61 Å². The molecule has 0 atom stereocenters. The molecule has 0 amide bonds. The van der Waals surface area contributed by atoms with Crippen molar-refractivity contribution in [2.75, 3.05) is 0 Å². The Kier molecular flexibility index (Phi) is 8.49. The molecule has 0 saturated heterocycles. The summed E-state index contributed by atoms with van der Waals surface area (Å²) >= 11 is 0.755. The fraction of sp³-hybridized carbons (Fsp3) is 0.0769. The van der Waals surface area contributed by atoms with Gasteiger partial charge < -0.3 is 0 Å². The second-order valence-electron chi connectivity index (χ2n) is 3.83. The summed E-state index contributed by atoms with van der Waals surface area (Å²) in [6.07, 6.45) is 0. The van der Waals surface area contributed by atoms with E-state index >= 15 is 0 Å². The van der Waals surface area contributed by atoms with Crippen molar-refractivity contribution in [1.29, 1.82) is 0 Å². The zero-order chi connectivity index (χ0) is 14.1. The van der Waals surface area contributed by atoms with Crippen LogP contribution in [0.3, 0.4) is 0 Å². The third-order valence-electron chi connectivity index (χ3n) is 2.27. The number of hydrogen-bond donors (Lipinski definition) is 0. The summed E-state index contributed by atoms with van der Waals surface area (Å²) in [6, 6.07) is 18.6. The summed E-state index contributed by atoms with van der Waals surface area (Å²) in [5, 5.41) is 0. The molecular weight excluding hydrogens is 279 g/mol. The van der Waals surface area contributed by atoms with Crippen molar-refractivity contribution in [3.05, 3.63) is 60.2 Å². The minimum atomic E-state index is -3.67. The van der Waals surface area contributed by atoms with Crippen LogP contribution in [0.2, 0.25) is 0 Å². The molecule has 2 aromatic carbocycles. The van der Waals surface area contributed by atoms with Gasteiger partial charge in [0.1, 0.15) is 0 Å². The maximum atomic E-state index is 9.67. The Morgan fingerprint density at radius 1 is 0.895 bits per heavy atom. The van der Waals surface area contributed by atoms with Crippen LogP contribution in [0.15, 0.2) is 54.6 Å². The average Bonchev–Trinajstić information content (AvgIpc) is 2.39. The molecule has 0 aliphatic rings. The van der Waals surface area contributed by atoms with Gasteiger partial charge in [0.25, 0.3) is 0 Å². The van der Waals surface area contributed by atoms with Gasteiger partial charge in [0.15, 0.2) is 0 Å². The van der Waals surface area contributed by atoms with E-state index < -0.39 is 7.54 Å². The van der Waals surface area contributed by atoms with E-state index in [1.165, 1.54) is 5.22 Å². The monoisotopic (exact) mass is 290 g/mol. The second-order valence-corrected chi connectivity index (χ2v) is 5.64. The van der Waals surface area contributed by atoms with Crippen LogP contribution >= 0.6 is 0 Å². The van der Waals surface area contributed by atoms with Crippen LogP contribution in [0.1, 0.15) is 5.56 Å². The molecule has 0 aromatic heterocycles. The molecule has 2 rings (SSSR count). The molecule has 0 N–H and O–H groups in total. The van der Waals surface area contributed by atoms with Gasteiger partial charge in [0.2, 0.25) is 0 Å². The first-order valence-corrected chi connectivity index (χ1v) is 7.29. The van der Waals surface area contributed by atoms with Crippen molar-refractivity contribution in [3.8, 4) is 5.75 Å². The van der Waals surface area contributed by atoms with E-state index in [9.17, 15) is 12.9 Å². The second kappa shape index (κ2) is 9.61. The first-order valence-electron chi connectivity index (χ1n) is 5.73. The number of halogens is 3. The third-order valence-corrected chi connectivity index (χ3v) is 3.31. The SMILES string of the molecule is FB(F)F.[K][c]1ccc(OCc2ccccc2)cc1. The van der Waals surface area contributed by atoms with Crippen LogP contribution in [0, 0.1) is 0 Å². The van der Waals surface area contributed by atoms with Crippen LogP contribution in [-0.2, 0) is 6.61 Å². The molecule has 94 valence electrons. The summed E-state index contributed by atoms with van der Waals surface area (Å²) in [5.41, 5.74) is 1.20. The van der Waals surface area contributed by atoms with Crippen LogP contribution < -0.4 is 4.39 Å². The van der Waals surface area contributed by atoms with E-state index in [-0.39, 0.29) is 0 Å². The van der Waals surface area contributed by atoms with E-state index in [0.717, 1.165) is 54.7 Å². The first kappa shape index (κ1) is 16.8. The van der Waals surface area contributed by atoms with Gasteiger partial charge >= 0.3 is 133 Å². The topological polar surface area (TPSA) is 9.23 Å². The van der Waals surface area contributed by atoms with Crippen LogP contribution in [-0.4, -0.2) is 56.5 Å². The molecule has 0 radical (unpaired) electrons. The average molecular weight is 290 g/mol. The molecule has 0 fully saturated rings. The van der Waals surface area contributed by atoms with Gasteiger partial charge in [-0.2, -0.15) is 0 Å². The summed E-state index contributed by atoms with van der Waals surface area (Å²) in [7, 11) is -3.67. The maximum absolute atomic E-state index is 9.67. The van der Waals surface area contributed by atoms with Gasteiger partial charge in [-0.05, 0) is 0 Å². The Hall–Kier alpha value is -0.269. The van der Waals surface area contributed by atoms with Crippen LogP contribution in [0.25, 0.3) is 0 Å². The molecule has 0 spiro atoms. The third kappa shape index (κ3) is 8.49. The van der Waals surface area contributed by atoms with Gasteiger partial charge in [0, 0.05) is 0 Å². The standard InChI is InChI=1S/C13H11O.BF3.K/c1-3-7-12(8-4-1)11-14-13-9-5-2-6-10-13;2-1(3)4;/h1,3-10H,11H2;;. The molecule has 0 saturated carbocycles. The molecule has 0 aliphatic carbocycles. The molecule has 0 unspecified atom stereocenters. The zero-order valence-corrected chi connectivity index (χ0v) is 13.6. The van der Waals surface area contributed by atoms with Crippen molar-refractivity contribution in [2.45, 2.75) is 6.61 Å². The quantitative estimate of drug-likeness (QED) is 0.790. The van der Waals surface area contributed by atoms with Gasteiger partial charge in [-0.15, -0.1) is 0 Å². The Labute approximate surface area is 145 Å². The van der Waals surface area contributed by atoms with Crippen molar-refractivity contribution in [2.24, 2.45) is 0 Å². The summed E-state index contributed by atoms with van der Waals surface area (Å²) in [6.45, 7) is 0.644. The van der Waals surface area contributed by atoms with Crippen molar-refractivity contribution in [1.82, 2.24) is 0 Å². The number of rotatable bonds is 3. The molecule has 19 heavy (non-hydrogen) atoms.